The third-order valence-corrected chi connectivity index (χ3v) is 6.45. The molecular weight excluding hydrogens is 390 g/mol. The molecule has 0 saturated carbocycles. The van der Waals surface area contributed by atoms with Crippen molar-refractivity contribution in [1.29, 1.82) is 0 Å². The molecule has 0 N–H and O–H groups in total. The molecule has 1 atom stereocenters. The van der Waals surface area contributed by atoms with E-state index in [0.717, 1.165) is 42.4 Å². The van der Waals surface area contributed by atoms with Crippen molar-refractivity contribution in [2.24, 2.45) is 5.92 Å². The summed E-state index contributed by atoms with van der Waals surface area (Å²) in [5.41, 5.74) is 3.55. The third kappa shape index (κ3) is 11.2. The van der Waals surface area contributed by atoms with E-state index in [2.05, 4.69) is 63.4 Å². The van der Waals surface area contributed by atoms with E-state index in [1.54, 1.807) is 0 Å². The fourth-order valence-electron chi connectivity index (χ4n) is 4.26. The maximum atomic E-state index is 5.97. The van der Waals surface area contributed by atoms with Crippen LogP contribution in [-0.2, 0) is 6.42 Å². The van der Waals surface area contributed by atoms with Crippen LogP contribution in [0.2, 0.25) is 0 Å². The van der Waals surface area contributed by atoms with E-state index < -0.39 is 0 Å². The van der Waals surface area contributed by atoms with E-state index in [4.69, 9.17) is 9.72 Å². The maximum absolute atomic E-state index is 5.97. The first-order valence-corrected chi connectivity index (χ1v) is 13.4. The summed E-state index contributed by atoms with van der Waals surface area (Å²) < 4.78 is 5.97. The van der Waals surface area contributed by atoms with Gasteiger partial charge in [0.2, 0.25) is 0 Å². The van der Waals surface area contributed by atoms with Gasteiger partial charge >= 0.3 is 0 Å². The first-order valence-electron chi connectivity index (χ1n) is 13.4. The highest BCUT2D eigenvalue weighted by Crippen LogP contribution is 2.22. The SMILES string of the molecule is CCCCCCCCc1ccc(-c2ccc(OCCC[C@@H](C)CCCCCC)cc2)nc1. The molecule has 1 aromatic carbocycles. The highest BCUT2D eigenvalue weighted by molar-refractivity contribution is 5.60. The summed E-state index contributed by atoms with van der Waals surface area (Å²) in [6, 6.07) is 12.8. The Kier molecular flexibility index (Phi) is 13.8. The Morgan fingerprint density at radius 1 is 0.719 bits per heavy atom. The lowest BCUT2D eigenvalue weighted by Gasteiger charge is -2.12. The molecular formula is C30H47NO. The zero-order valence-electron chi connectivity index (χ0n) is 21.1. The zero-order chi connectivity index (χ0) is 22.9. The average molecular weight is 438 g/mol. The predicted molar refractivity (Wildman–Crippen MR) is 139 cm³/mol. The van der Waals surface area contributed by atoms with Crippen LogP contribution in [0.5, 0.6) is 5.75 Å². The average Bonchev–Trinajstić information content (AvgIpc) is 2.83. The van der Waals surface area contributed by atoms with E-state index in [-0.39, 0.29) is 0 Å². The summed E-state index contributed by atoms with van der Waals surface area (Å²) in [6.07, 6.45) is 20.5. The van der Waals surface area contributed by atoms with Gasteiger partial charge in [0.1, 0.15) is 5.75 Å². The Hall–Kier alpha value is -1.83. The molecule has 0 bridgehead atoms. The Morgan fingerprint density at radius 2 is 1.38 bits per heavy atom. The highest BCUT2D eigenvalue weighted by Gasteiger charge is 2.04. The van der Waals surface area contributed by atoms with Crippen molar-refractivity contribution in [3.05, 3.63) is 48.2 Å². The lowest BCUT2D eigenvalue weighted by atomic mass is 9.98. The molecule has 0 aliphatic carbocycles. The van der Waals surface area contributed by atoms with Crippen molar-refractivity contribution in [3.63, 3.8) is 0 Å². The molecule has 0 fully saturated rings. The smallest absolute Gasteiger partial charge is 0.119 e. The van der Waals surface area contributed by atoms with E-state index in [0.29, 0.717) is 0 Å². The van der Waals surface area contributed by atoms with Gasteiger partial charge in [0, 0.05) is 11.8 Å². The third-order valence-electron chi connectivity index (χ3n) is 6.45. The van der Waals surface area contributed by atoms with Crippen LogP contribution in [0.15, 0.2) is 42.6 Å². The fraction of sp³-hybridized carbons (Fsp3) is 0.633. The minimum atomic E-state index is 0.810. The number of unbranched alkanes of at least 4 members (excludes halogenated alkanes) is 8. The number of aromatic nitrogens is 1. The van der Waals surface area contributed by atoms with E-state index in [1.807, 2.05) is 0 Å². The van der Waals surface area contributed by atoms with Gasteiger partial charge in [-0.3, -0.25) is 4.98 Å². The first kappa shape index (κ1) is 26.4. The van der Waals surface area contributed by atoms with Crippen LogP contribution in [0, 0.1) is 5.92 Å². The van der Waals surface area contributed by atoms with Gasteiger partial charge in [0.25, 0.3) is 0 Å². The molecule has 2 rings (SSSR count). The van der Waals surface area contributed by atoms with E-state index in [9.17, 15) is 0 Å². The summed E-state index contributed by atoms with van der Waals surface area (Å²) in [7, 11) is 0. The lowest BCUT2D eigenvalue weighted by Crippen LogP contribution is -2.02. The van der Waals surface area contributed by atoms with Gasteiger partial charge in [-0.15, -0.1) is 0 Å². The van der Waals surface area contributed by atoms with Crippen molar-refractivity contribution in [3.8, 4) is 17.0 Å². The molecule has 0 saturated heterocycles. The summed E-state index contributed by atoms with van der Waals surface area (Å²) >= 11 is 0. The van der Waals surface area contributed by atoms with Crippen molar-refractivity contribution >= 4 is 0 Å². The van der Waals surface area contributed by atoms with Gasteiger partial charge in [-0.25, -0.2) is 0 Å². The highest BCUT2D eigenvalue weighted by atomic mass is 16.5. The van der Waals surface area contributed by atoms with Crippen LogP contribution < -0.4 is 4.74 Å². The second-order valence-electron chi connectivity index (χ2n) is 9.54. The van der Waals surface area contributed by atoms with Crippen LogP contribution in [0.25, 0.3) is 11.3 Å². The molecule has 0 aliphatic rings. The summed E-state index contributed by atoms with van der Waals surface area (Å²) in [5, 5.41) is 0. The largest absolute Gasteiger partial charge is 0.494 e. The van der Waals surface area contributed by atoms with E-state index >= 15 is 0 Å². The molecule has 1 aromatic heterocycles. The zero-order valence-corrected chi connectivity index (χ0v) is 21.1. The Labute approximate surface area is 198 Å². The Bertz CT molecular complexity index is 692. The molecule has 1 heterocycles. The van der Waals surface area contributed by atoms with Gasteiger partial charge in [0.15, 0.2) is 0 Å². The minimum Gasteiger partial charge on any atom is -0.494 e. The van der Waals surface area contributed by atoms with Crippen molar-refractivity contribution in [2.75, 3.05) is 6.61 Å². The van der Waals surface area contributed by atoms with Crippen molar-refractivity contribution in [2.45, 2.75) is 111 Å². The van der Waals surface area contributed by atoms with Gasteiger partial charge in [0.05, 0.1) is 12.3 Å². The number of pyridine rings is 1. The topological polar surface area (TPSA) is 22.1 Å². The number of benzene rings is 1. The number of aryl methyl sites for hydroxylation is 1. The quantitative estimate of drug-likeness (QED) is 0.217. The molecule has 32 heavy (non-hydrogen) atoms. The number of rotatable bonds is 18. The summed E-state index contributed by atoms with van der Waals surface area (Å²) in [5.74, 6) is 1.77. The van der Waals surface area contributed by atoms with Crippen LogP contribution >= 0.6 is 0 Å². The maximum Gasteiger partial charge on any atom is 0.119 e. The number of ether oxygens (including phenoxy) is 1. The van der Waals surface area contributed by atoms with Gasteiger partial charge < -0.3 is 4.74 Å². The summed E-state index contributed by atoms with van der Waals surface area (Å²) in [6.45, 7) is 7.74. The number of hydrogen-bond donors (Lipinski definition) is 0. The first-order chi connectivity index (χ1) is 15.7. The van der Waals surface area contributed by atoms with Crippen molar-refractivity contribution in [1.82, 2.24) is 4.98 Å². The Balaban J connectivity index is 1.65. The van der Waals surface area contributed by atoms with Crippen LogP contribution in [0.1, 0.15) is 110 Å². The molecule has 2 heteroatoms. The summed E-state index contributed by atoms with van der Waals surface area (Å²) in [4.78, 5) is 4.70. The molecule has 0 radical (unpaired) electrons. The molecule has 2 nitrogen and oxygen atoms in total. The minimum absolute atomic E-state index is 0.810. The van der Waals surface area contributed by atoms with Crippen LogP contribution in [0.3, 0.4) is 0 Å². The number of hydrogen-bond acceptors (Lipinski definition) is 2. The molecule has 0 unspecified atom stereocenters. The predicted octanol–water partition coefficient (Wildman–Crippen LogP) is 9.42. The molecule has 0 spiro atoms. The molecule has 0 aliphatic heterocycles. The lowest BCUT2D eigenvalue weighted by molar-refractivity contribution is 0.291. The van der Waals surface area contributed by atoms with Crippen molar-refractivity contribution < 1.29 is 4.74 Å². The van der Waals surface area contributed by atoms with Gasteiger partial charge in [-0.2, -0.15) is 0 Å². The second kappa shape index (κ2) is 16.8. The Morgan fingerprint density at radius 3 is 2.06 bits per heavy atom. The van der Waals surface area contributed by atoms with Gasteiger partial charge in [-0.1, -0.05) is 91.0 Å². The second-order valence-corrected chi connectivity index (χ2v) is 9.54. The number of nitrogens with zero attached hydrogens (tertiary/aromatic N) is 1. The molecule has 0 amide bonds. The normalized spacial score (nSPS) is 12.1. The standard InChI is InChI=1S/C30H47NO/c1-4-6-8-10-11-13-17-27-18-23-30(31-25-27)28-19-21-29(22-20-28)32-24-14-16-26(3)15-12-9-7-5-2/h18-23,25-26H,4-17,24H2,1-3H3/t26-/m0/s1. The van der Waals surface area contributed by atoms with Gasteiger partial charge in [-0.05, 0) is 67.5 Å². The van der Waals surface area contributed by atoms with Crippen LogP contribution in [0.4, 0.5) is 0 Å². The van der Waals surface area contributed by atoms with E-state index in [1.165, 1.54) is 82.6 Å². The molecule has 2 aromatic rings. The monoisotopic (exact) mass is 437 g/mol. The van der Waals surface area contributed by atoms with Crippen LogP contribution in [-0.4, -0.2) is 11.6 Å². The fourth-order valence-corrected chi connectivity index (χ4v) is 4.26. The molecule has 178 valence electrons.